The predicted octanol–water partition coefficient (Wildman–Crippen LogP) is 0.848. The van der Waals surface area contributed by atoms with Crippen molar-refractivity contribution in [1.29, 1.82) is 5.41 Å². The SMILES string of the molecule is CC(NCc1ccc(S(C)(=O)=O)cc1)(Oc1ccccc1)C(=O)CC(=O)N(CCCC(N)C(=O)O)C(=N)N. The van der Waals surface area contributed by atoms with Crippen LogP contribution in [0.15, 0.2) is 59.5 Å². The maximum atomic E-state index is 13.4. The number of para-hydroxylation sites is 1. The smallest absolute Gasteiger partial charge is 0.320 e. The minimum absolute atomic E-state index is 0.0504. The lowest BCUT2D eigenvalue weighted by molar-refractivity contribution is -0.142. The molecule has 2 aromatic rings. The van der Waals surface area contributed by atoms with Crippen molar-refractivity contribution in [1.82, 2.24) is 10.2 Å². The number of aliphatic carboxylic acids is 1. The van der Waals surface area contributed by atoms with Crippen molar-refractivity contribution < 1.29 is 32.6 Å². The second-order valence-electron chi connectivity index (χ2n) is 8.84. The number of carboxylic acids is 1. The molecule has 0 aliphatic rings. The van der Waals surface area contributed by atoms with Crippen LogP contribution in [0.3, 0.4) is 0 Å². The number of hydrogen-bond acceptors (Lipinski definition) is 9. The van der Waals surface area contributed by atoms with Gasteiger partial charge in [-0.1, -0.05) is 30.3 Å². The van der Waals surface area contributed by atoms with Gasteiger partial charge in [-0.25, -0.2) is 8.42 Å². The number of nitrogens with zero attached hydrogens (tertiary/aromatic N) is 1. The number of amides is 1. The summed E-state index contributed by atoms with van der Waals surface area (Å²) in [5.74, 6) is -2.81. The zero-order valence-corrected chi connectivity index (χ0v) is 22.0. The van der Waals surface area contributed by atoms with E-state index in [-0.39, 0.29) is 30.8 Å². The normalized spacial score (nSPS) is 13.7. The molecule has 0 aliphatic heterocycles. The highest BCUT2D eigenvalue weighted by atomic mass is 32.2. The Kier molecular flexibility index (Phi) is 10.5. The Hall–Kier alpha value is -3.81. The van der Waals surface area contributed by atoms with Gasteiger partial charge in [0.05, 0.1) is 11.3 Å². The Labute approximate surface area is 221 Å². The Bertz CT molecular complexity index is 1250. The highest BCUT2D eigenvalue weighted by molar-refractivity contribution is 7.90. The van der Waals surface area contributed by atoms with Gasteiger partial charge in [-0.3, -0.25) is 30.0 Å². The summed E-state index contributed by atoms with van der Waals surface area (Å²) < 4.78 is 29.4. The van der Waals surface area contributed by atoms with Crippen LogP contribution in [0.25, 0.3) is 0 Å². The Balaban J connectivity index is 2.18. The van der Waals surface area contributed by atoms with Crippen molar-refractivity contribution in [2.75, 3.05) is 12.8 Å². The second-order valence-corrected chi connectivity index (χ2v) is 10.9. The van der Waals surface area contributed by atoms with Crippen molar-refractivity contribution in [2.45, 2.75) is 49.4 Å². The number of carbonyl (C=O) groups is 3. The van der Waals surface area contributed by atoms with E-state index in [1.54, 1.807) is 42.5 Å². The van der Waals surface area contributed by atoms with E-state index in [0.29, 0.717) is 11.3 Å². The molecule has 12 nitrogen and oxygen atoms in total. The highest BCUT2D eigenvalue weighted by Gasteiger charge is 2.37. The van der Waals surface area contributed by atoms with Crippen LogP contribution in [0.5, 0.6) is 5.75 Å². The molecule has 0 aromatic heterocycles. The van der Waals surface area contributed by atoms with Crippen LogP contribution < -0.4 is 21.5 Å². The number of sulfone groups is 1. The van der Waals surface area contributed by atoms with Gasteiger partial charge >= 0.3 is 5.97 Å². The van der Waals surface area contributed by atoms with E-state index in [9.17, 15) is 22.8 Å². The van der Waals surface area contributed by atoms with E-state index in [0.717, 1.165) is 11.2 Å². The zero-order valence-electron chi connectivity index (χ0n) is 21.2. The number of nitrogens with two attached hydrogens (primary N) is 2. The average Bonchev–Trinajstić information content (AvgIpc) is 2.85. The van der Waals surface area contributed by atoms with Gasteiger partial charge in [0.15, 0.2) is 15.8 Å². The summed E-state index contributed by atoms with van der Waals surface area (Å²) in [6, 6.07) is 13.5. The van der Waals surface area contributed by atoms with Crippen LogP contribution in [0.2, 0.25) is 0 Å². The number of ether oxygens (including phenoxy) is 1. The first-order valence-corrected chi connectivity index (χ1v) is 13.6. The summed E-state index contributed by atoms with van der Waals surface area (Å²) in [5, 5.41) is 19.6. The van der Waals surface area contributed by atoms with Crippen molar-refractivity contribution in [2.24, 2.45) is 11.5 Å². The highest BCUT2D eigenvalue weighted by Crippen LogP contribution is 2.20. The number of carboxylic acid groups (broad SMARTS) is 1. The fourth-order valence-corrected chi connectivity index (χ4v) is 4.05. The predicted molar refractivity (Wildman–Crippen MR) is 140 cm³/mol. The molecular weight excluding hydrogens is 514 g/mol. The molecular formula is C25H33N5O7S. The number of rotatable bonds is 14. The van der Waals surface area contributed by atoms with E-state index in [2.05, 4.69) is 5.32 Å². The third kappa shape index (κ3) is 8.94. The second kappa shape index (κ2) is 13.1. The molecule has 38 heavy (non-hydrogen) atoms. The summed E-state index contributed by atoms with van der Waals surface area (Å²) in [5.41, 5.74) is 10.0. The average molecular weight is 548 g/mol. The van der Waals surface area contributed by atoms with Gasteiger partial charge in [0.2, 0.25) is 17.4 Å². The molecule has 0 radical (unpaired) electrons. The third-order valence-corrected chi connectivity index (χ3v) is 6.82. The molecule has 7 N–H and O–H groups in total. The molecule has 2 atom stereocenters. The lowest BCUT2D eigenvalue weighted by Crippen LogP contribution is -2.55. The van der Waals surface area contributed by atoms with Crippen molar-refractivity contribution >= 4 is 33.5 Å². The number of carbonyl (C=O) groups excluding carboxylic acids is 2. The van der Waals surface area contributed by atoms with E-state index in [1.165, 1.54) is 19.1 Å². The largest absolute Gasteiger partial charge is 0.480 e. The maximum Gasteiger partial charge on any atom is 0.320 e. The number of benzene rings is 2. The first-order valence-electron chi connectivity index (χ1n) is 11.7. The van der Waals surface area contributed by atoms with Crippen LogP contribution in [-0.2, 0) is 30.8 Å². The Morgan fingerprint density at radius 2 is 1.74 bits per heavy atom. The first kappa shape index (κ1) is 30.4. The van der Waals surface area contributed by atoms with Crippen LogP contribution >= 0.6 is 0 Å². The summed E-state index contributed by atoms with van der Waals surface area (Å²) in [6.45, 7) is 1.49. The van der Waals surface area contributed by atoms with E-state index < -0.39 is 51.6 Å². The van der Waals surface area contributed by atoms with Crippen molar-refractivity contribution in [3.05, 3.63) is 60.2 Å². The summed E-state index contributed by atoms with van der Waals surface area (Å²) in [6.07, 6.45) is 0.654. The molecule has 0 saturated carbocycles. The van der Waals surface area contributed by atoms with E-state index in [4.69, 9.17) is 26.7 Å². The van der Waals surface area contributed by atoms with Gasteiger partial charge in [-0.15, -0.1) is 0 Å². The molecule has 206 valence electrons. The van der Waals surface area contributed by atoms with Crippen LogP contribution in [-0.4, -0.2) is 66.6 Å². The minimum Gasteiger partial charge on any atom is -0.480 e. The molecule has 0 bridgehead atoms. The topological polar surface area (TPSA) is 206 Å². The lowest BCUT2D eigenvalue weighted by atomic mass is 10.0. The molecule has 0 fully saturated rings. The van der Waals surface area contributed by atoms with Gasteiger partial charge in [-0.2, -0.15) is 0 Å². The number of guanidine groups is 1. The number of Topliss-reactive ketones (excluding diaryl/α,β-unsaturated/α-hetero) is 1. The third-order valence-electron chi connectivity index (χ3n) is 5.70. The number of nitrogens with one attached hydrogen (secondary N) is 2. The van der Waals surface area contributed by atoms with Crippen molar-refractivity contribution in [3.8, 4) is 5.75 Å². The molecule has 0 saturated heterocycles. The maximum absolute atomic E-state index is 13.4. The van der Waals surface area contributed by atoms with E-state index in [1.807, 2.05) is 0 Å². The van der Waals surface area contributed by atoms with Gasteiger partial charge in [0, 0.05) is 19.3 Å². The first-order chi connectivity index (χ1) is 17.7. The zero-order chi connectivity index (χ0) is 28.5. The van der Waals surface area contributed by atoms with Crippen LogP contribution in [0.1, 0.15) is 31.7 Å². The molecule has 2 rings (SSSR count). The standard InChI is InChI=1S/C25H33N5O7S/c1-25(37-18-7-4-3-5-8-18,29-16-17-10-12-19(13-11-17)38(2,35)36)21(31)15-22(32)30(24(27)28)14-6-9-20(26)23(33)34/h3-5,7-8,10-13,20,29H,6,9,14-16,26H2,1-2H3,(H3,27,28)(H,33,34). The van der Waals surface area contributed by atoms with Crippen LogP contribution in [0.4, 0.5) is 0 Å². The molecule has 0 aliphatic carbocycles. The molecule has 1 amide bonds. The molecule has 0 spiro atoms. The fraction of sp³-hybridized carbons (Fsp3) is 0.360. The monoisotopic (exact) mass is 547 g/mol. The number of hydrogen-bond donors (Lipinski definition) is 5. The summed E-state index contributed by atoms with van der Waals surface area (Å²) in [4.78, 5) is 38.2. The van der Waals surface area contributed by atoms with Gasteiger partial charge in [0.1, 0.15) is 11.8 Å². The van der Waals surface area contributed by atoms with Gasteiger partial charge in [0.25, 0.3) is 0 Å². The summed E-state index contributed by atoms with van der Waals surface area (Å²) >= 11 is 0. The van der Waals surface area contributed by atoms with Crippen molar-refractivity contribution in [3.63, 3.8) is 0 Å². The quantitative estimate of drug-likeness (QED) is 0.0975. The fourth-order valence-electron chi connectivity index (χ4n) is 3.41. The van der Waals surface area contributed by atoms with Crippen LogP contribution in [0, 0.1) is 5.41 Å². The van der Waals surface area contributed by atoms with E-state index >= 15 is 0 Å². The number of ketones is 1. The molecule has 2 aromatic carbocycles. The Morgan fingerprint density at radius 3 is 2.26 bits per heavy atom. The molecule has 2 unspecified atom stereocenters. The molecule has 13 heteroatoms. The lowest BCUT2D eigenvalue weighted by Gasteiger charge is -2.31. The molecule has 0 heterocycles. The van der Waals surface area contributed by atoms with Gasteiger partial charge < -0.3 is 21.3 Å². The minimum atomic E-state index is -3.37. The Morgan fingerprint density at radius 1 is 1.13 bits per heavy atom. The van der Waals surface area contributed by atoms with Gasteiger partial charge in [-0.05, 0) is 49.6 Å². The summed E-state index contributed by atoms with van der Waals surface area (Å²) in [7, 11) is -3.37.